The van der Waals surface area contributed by atoms with E-state index in [0.29, 0.717) is 22.1 Å². The van der Waals surface area contributed by atoms with E-state index in [2.05, 4.69) is 4.98 Å². The predicted molar refractivity (Wildman–Crippen MR) is 66.3 cm³/mol. The lowest BCUT2D eigenvalue weighted by atomic mass is 10.3. The van der Waals surface area contributed by atoms with Crippen molar-refractivity contribution in [1.29, 1.82) is 0 Å². The lowest BCUT2D eigenvalue weighted by Crippen LogP contribution is -1.86. The van der Waals surface area contributed by atoms with Gasteiger partial charge in [-0.15, -0.1) is 0 Å². The molecule has 0 unspecified atom stereocenters. The zero-order valence-corrected chi connectivity index (χ0v) is 10.3. The lowest BCUT2D eigenvalue weighted by molar-refractivity contribution is -0.384. The normalized spacial score (nSPS) is 10.6. The fourth-order valence-corrected chi connectivity index (χ4v) is 2.10. The van der Waals surface area contributed by atoms with Gasteiger partial charge < -0.3 is 4.42 Å². The van der Waals surface area contributed by atoms with Crippen molar-refractivity contribution >= 4 is 28.5 Å². The Hall–Kier alpha value is -1.96. The molecule has 0 saturated heterocycles. The minimum Gasteiger partial charge on any atom is -0.431 e. The summed E-state index contributed by atoms with van der Waals surface area (Å²) in [7, 11) is 0. The van der Waals surface area contributed by atoms with Gasteiger partial charge in [0.1, 0.15) is 5.52 Å². The van der Waals surface area contributed by atoms with E-state index in [9.17, 15) is 18.9 Å². The molecule has 0 N–H and O–H groups in total. The van der Waals surface area contributed by atoms with Gasteiger partial charge in [0.2, 0.25) is 0 Å². The van der Waals surface area contributed by atoms with Gasteiger partial charge in [-0.05, 0) is 18.6 Å². The second kappa shape index (κ2) is 5.79. The maximum atomic E-state index is 11.8. The van der Waals surface area contributed by atoms with E-state index in [1.165, 1.54) is 30.0 Å². The van der Waals surface area contributed by atoms with E-state index >= 15 is 0 Å². The molecule has 0 aliphatic heterocycles. The maximum absolute atomic E-state index is 11.8. The molecule has 8 heteroatoms. The summed E-state index contributed by atoms with van der Waals surface area (Å²) in [5, 5.41) is 10.9. The number of allylic oxidation sites excluding steroid dienone is 1. The number of benzene rings is 1. The lowest BCUT2D eigenvalue weighted by Gasteiger charge is -1.91. The van der Waals surface area contributed by atoms with Crippen LogP contribution < -0.4 is 0 Å². The van der Waals surface area contributed by atoms with Crippen molar-refractivity contribution in [2.75, 3.05) is 5.75 Å². The monoisotopic (exact) mass is 286 g/mol. The Labute approximate surface area is 110 Å². The van der Waals surface area contributed by atoms with Crippen LogP contribution in [-0.2, 0) is 0 Å². The number of hydrogen-bond acceptors (Lipinski definition) is 5. The van der Waals surface area contributed by atoms with Gasteiger partial charge in [-0.2, -0.15) is 8.78 Å². The Bertz CT molecular complexity index is 638. The number of hydrogen-bond donors (Lipinski definition) is 0. The summed E-state index contributed by atoms with van der Waals surface area (Å²) in [4.78, 5) is 14.2. The van der Waals surface area contributed by atoms with Crippen molar-refractivity contribution in [1.82, 2.24) is 4.98 Å². The highest BCUT2D eigenvalue weighted by Crippen LogP contribution is 2.26. The molecule has 2 rings (SSSR count). The van der Waals surface area contributed by atoms with Crippen molar-refractivity contribution in [2.45, 2.75) is 11.6 Å². The molecule has 5 nitrogen and oxygen atoms in total. The van der Waals surface area contributed by atoms with Crippen molar-refractivity contribution in [3.05, 3.63) is 40.5 Å². The summed E-state index contributed by atoms with van der Waals surface area (Å²) in [5.41, 5.74) is 0.729. The topological polar surface area (TPSA) is 69.2 Å². The van der Waals surface area contributed by atoms with E-state index in [1.54, 1.807) is 0 Å². The molecule has 1 aromatic carbocycles. The van der Waals surface area contributed by atoms with E-state index in [4.69, 9.17) is 4.42 Å². The highest BCUT2D eigenvalue weighted by molar-refractivity contribution is 7.99. The molecular weight excluding hydrogens is 278 g/mol. The van der Waals surface area contributed by atoms with E-state index in [1.807, 2.05) is 0 Å². The zero-order valence-electron chi connectivity index (χ0n) is 9.51. The van der Waals surface area contributed by atoms with Gasteiger partial charge in [0.15, 0.2) is 5.58 Å². The summed E-state index contributed by atoms with van der Waals surface area (Å²) in [6.45, 7) is 0. The SMILES string of the molecule is O=[N+]([O-])c1ccc2nc(SCCC=C(F)F)oc2c1. The van der Waals surface area contributed by atoms with Crippen LogP contribution in [0.5, 0.6) is 0 Å². The molecule has 1 heterocycles. The molecule has 0 aliphatic carbocycles. The van der Waals surface area contributed by atoms with Gasteiger partial charge in [0.05, 0.1) is 11.0 Å². The zero-order chi connectivity index (χ0) is 13.8. The molecule has 2 aromatic rings. The van der Waals surface area contributed by atoms with Gasteiger partial charge in [-0.3, -0.25) is 10.1 Å². The van der Waals surface area contributed by atoms with Crippen LogP contribution in [-0.4, -0.2) is 15.7 Å². The van der Waals surface area contributed by atoms with Crippen LogP contribution in [0.25, 0.3) is 11.1 Å². The molecule has 100 valence electrons. The van der Waals surface area contributed by atoms with Gasteiger partial charge in [-0.25, -0.2) is 4.98 Å². The number of aromatic nitrogens is 1. The van der Waals surface area contributed by atoms with Crippen LogP contribution in [0.1, 0.15) is 6.42 Å². The molecule has 0 saturated carbocycles. The van der Waals surface area contributed by atoms with Crippen molar-refractivity contribution in [2.24, 2.45) is 0 Å². The van der Waals surface area contributed by atoms with Crippen molar-refractivity contribution < 1.29 is 18.1 Å². The Balaban J connectivity index is 2.09. The van der Waals surface area contributed by atoms with Gasteiger partial charge >= 0.3 is 0 Å². The summed E-state index contributed by atoms with van der Waals surface area (Å²) in [5.74, 6) is 0.395. The van der Waals surface area contributed by atoms with Crippen LogP contribution in [0.15, 0.2) is 40.0 Å². The van der Waals surface area contributed by atoms with Gasteiger partial charge in [-0.1, -0.05) is 11.8 Å². The predicted octanol–water partition coefficient (Wildman–Crippen LogP) is 4.00. The number of non-ortho nitro benzene ring substituents is 1. The average molecular weight is 286 g/mol. The second-order valence-electron chi connectivity index (χ2n) is 3.52. The number of nitro groups is 1. The fourth-order valence-electron chi connectivity index (χ4n) is 1.38. The smallest absolute Gasteiger partial charge is 0.273 e. The molecule has 0 amide bonds. The first-order valence-corrected chi connectivity index (χ1v) is 6.24. The number of oxazole rings is 1. The number of fused-ring (bicyclic) bond motifs is 1. The largest absolute Gasteiger partial charge is 0.431 e. The maximum Gasteiger partial charge on any atom is 0.273 e. The molecular formula is C11H8F2N2O3S. The summed E-state index contributed by atoms with van der Waals surface area (Å²) < 4.78 is 28.9. The van der Waals surface area contributed by atoms with Crippen molar-refractivity contribution in [3.63, 3.8) is 0 Å². The first kappa shape index (κ1) is 13.5. The molecule has 0 aliphatic rings. The van der Waals surface area contributed by atoms with E-state index < -0.39 is 11.0 Å². The highest BCUT2D eigenvalue weighted by atomic mass is 32.2. The van der Waals surface area contributed by atoms with Crippen LogP contribution in [0.4, 0.5) is 14.5 Å². The first-order chi connectivity index (χ1) is 9.06. The quantitative estimate of drug-likeness (QED) is 0.359. The molecule has 0 fully saturated rings. The second-order valence-corrected chi connectivity index (χ2v) is 4.57. The summed E-state index contributed by atoms with van der Waals surface area (Å²) in [6, 6.07) is 4.11. The van der Waals surface area contributed by atoms with Crippen molar-refractivity contribution in [3.8, 4) is 0 Å². The third kappa shape index (κ3) is 3.50. The third-order valence-corrected chi connectivity index (χ3v) is 3.07. The van der Waals surface area contributed by atoms with Crippen LogP contribution in [0.2, 0.25) is 0 Å². The third-order valence-electron chi connectivity index (χ3n) is 2.21. The number of nitro benzene ring substituents is 1. The molecule has 0 atom stereocenters. The Morgan fingerprint density at radius 3 is 3.00 bits per heavy atom. The molecule has 0 bridgehead atoms. The minimum atomic E-state index is -1.71. The Morgan fingerprint density at radius 2 is 2.32 bits per heavy atom. The molecule has 0 radical (unpaired) electrons. The molecule has 19 heavy (non-hydrogen) atoms. The number of rotatable bonds is 5. The first-order valence-electron chi connectivity index (χ1n) is 5.25. The van der Waals surface area contributed by atoms with E-state index in [0.717, 1.165) is 6.08 Å². The van der Waals surface area contributed by atoms with Crippen LogP contribution in [0, 0.1) is 10.1 Å². The van der Waals surface area contributed by atoms with Gasteiger partial charge in [0, 0.05) is 11.8 Å². The van der Waals surface area contributed by atoms with E-state index in [-0.39, 0.29) is 12.1 Å². The number of nitrogens with zero attached hydrogens (tertiary/aromatic N) is 2. The minimum absolute atomic E-state index is 0.0809. The Kier molecular flexibility index (Phi) is 4.10. The standard InChI is InChI=1S/C11H8F2N2O3S/c12-10(13)2-1-5-19-11-14-8-4-3-7(15(16)17)6-9(8)18-11/h2-4,6H,1,5H2. The number of thioether (sulfide) groups is 1. The summed E-state index contributed by atoms with van der Waals surface area (Å²) in [6.07, 6.45) is -0.694. The fraction of sp³-hybridized carbons (Fsp3) is 0.182. The van der Waals surface area contributed by atoms with Crippen LogP contribution in [0.3, 0.4) is 0 Å². The molecule has 1 aromatic heterocycles. The van der Waals surface area contributed by atoms with Crippen LogP contribution >= 0.6 is 11.8 Å². The Morgan fingerprint density at radius 1 is 1.53 bits per heavy atom. The summed E-state index contributed by atoms with van der Waals surface area (Å²) >= 11 is 1.18. The van der Waals surface area contributed by atoms with Gasteiger partial charge in [0.25, 0.3) is 17.0 Å². The highest BCUT2D eigenvalue weighted by Gasteiger charge is 2.11. The number of halogens is 2. The average Bonchev–Trinajstić information content (AvgIpc) is 2.75. The molecule has 0 spiro atoms.